The molecule has 1 unspecified atom stereocenters. The second-order valence-corrected chi connectivity index (χ2v) is 5.79. The lowest BCUT2D eigenvalue weighted by atomic mass is 10.1. The number of aliphatic hydroxyl groups excluding tert-OH is 1. The third-order valence-corrected chi connectivity index (χ3v) is 3.90. The van der Waals surface area contributed by atoms with Crippen molar-refractivity contribution in [2.75, 3.05) is 0 Å². The van der Waals surface area contributed by atoms with Crippen LogP contribution in [0.3, 0.4) is 0 Å². The van der Waals surface area contributed by atoms with Gasteiger partial charge in [-0.25, -0.2) is 4.98 Å². The Morgan fingerprint density at radius 1 is 1.09 bits per heavy atom. The maximum Gasteiger partial charge on any atom is 0.142 e. The number of halogens is 1. The molecule has 0 saturated heterocycles. The van der Waals surface area contributed by atoms with Crippen molar-refractivity contribution in [2.45, 2.75) is 19.6 Å². The Labute approximate surface area is 134 Å². The molecule has 3 aromatic rings. The van der Waals surface area contributed by atoms with Gasteiger partial charge < -0.3 is 9.67 Å². The molecule has 1 aromatic heterocycles. The van der Waals surface area contributed by atoms with Crippen molar-refractivity contribution in [3.05, 3.63) is 88.5 Å². The molecule has 22 heavy (non-hydrogen) atoms. The molecule has 0 aliphatic carbocycles. The van der Waals surface area contributed by atoms with Gasteiger partial charge in [0.25, 0.3) is 0 Å². The summed E-state index contributed by atoms with van der Waals surface area (Å²) in [5.74, 6) is 0.628. The minimum Gasteiger partial charge on any atom is -0.380 e. The van der Waals surface area contributed by atoms with Gasteiger partial charge in [-0.3, -0.25) is 0 Å². The van der Waals surface area contributed by atoms with Crippen molar-refractivity contribution in [1.82, 2.24) is 9.55 Å². The highest BCUT2D eigenvalue weighted by atomic mass is 35.5. The fourth-order valence-electron chi connectivity index (χ4n) is 2.39. The molecule has 1 heterocycles. The van der Waals surface area contributed by atoms with Gasteiger partial charge in [0, 0.05) is 24.0 Å². The van der Waals surface area contributed by atoms with E-state index in [1.54, 1.807) is 18.3 Å². The molecule has 0 fully saturated rings. The van der Waals surface area contributed by atoms with E-state index in [4.69, 9.17) is 11.6 Å². The molecular weight excluding hydrogens is 296 g/mol. The summed E-state index contributed by atoms with van der Waals surface area (Å²) in [4.78, 5) is 4.31. The van der Waals surface area contributed by atoms with Crippen molar-refractivity contribution < 1.29 is 5.11 Å². The van der Waals surface area contributed by atoms with Crippen LogP contribution in [-0.2, 0) is 6.54 Å². The summed E-state index contributed by atoms with van der Waals surface area (Å²) < 4.78 is 1.96. The van der Waals surface area contributed by atoms with Crippen LogP contribution in [0.4, 0.5) is 0 Å². The number of rotatable bonds is 4. The Hall–Kier alpha value is -2.10. The number of hydrogen-bond acceptors (Lipinski definition) is 2. The lowest BCUT2D eigenvalue weighted by molar-refractivity contribution is 0.205. The highest BCUT2D eigenvalue weighted by Gasteiger charge is 2.16. The number of aromatic nitrogens is 2. The maximum atomic E-state index is 10.5. The van der Waals surface area contributed by atoms with Crippen LogP contribution in [0.1, 0.15) is 28.6 Å². The van der Waals surface area contributed by atoms with E-state index >= 15 is 0 Å². The second-order valence-electron chi connectivity index (χ2n) is 5.35. The molecule has 0 aliphatic heterocycles. The summed E-state index contributed by atoms with van der Waals surface area (Å²) in [5, 5.41) is 11.2. The van der Waals surface area contributed by atoms with Gasteiger partial charge in [-0.05, 0) is 30.2 Å². The van der Waals surface area contributed by atoms with Gasteiger partial charge in [0.05, 0.1) is 0 Å². The first-order chi connectivity index (χ1) is 10.6. The van der Waals surface area contributed by atoms with Gasteiger partial charge in [-0.15, -0.1) is 0 Å². The first-order valence-electron chi connectivity index (χ1n) is 7.13. The molecule has 0 aliphatic rings. The third kappa shape index (κ3) is 3.21. The molecular formula is C18H17ClN2O. The van der Waals surface area contributed by atoms with Crippen LogP contribution in [0.25, 0.3) is 0 Å². The van der Waals surface area contributed by atoms with Crippen molar-refractivity contribution in [1.29, 1.82) is 0 Å². The van der Waals surface area contributed by atoms with E-state index in [1.165, 1.54) is 11.1 Å². The Bertz CT molecular complexity index is 748. The monoisotopic (exact) mass is 312 g/mol. The van der Waals surface area contributed by atoms with E-state index in [0.717, 1.165) is 5.56 Å². The predicted molar refractivity (Wildman–Crippen MR) is 88.0 cm³/mol. The molecule has 0 saturated carbocycles. The van der Waals surface area contributed by atoms with Gasteiger partial charge in [-0.1, -0.05) is 53.6 Å². The van der Waals surface area contributed by atoms with E-state index in [-0.39, 0.29) is 0 Å². The van der Waals surface area contributed by atoms with E-state index in [2.05, 4.69) is 36.2 Å². The minimum absolute atomic E-state index is 0.628. The van der Waals surface area contributed by atoms with Crippen molar-refractivity contribution in [3.8, 4) is 0 Å². The summed E-state index contributed by atoms with van der Waals surface area (Å²) >= 11 is 5.89. The van der Waals surface area contributed by atoms with Crippen molar-refractivity contribution >= 4 is 11.6 Å². The Balaban J connectivity index is 1.85. The first kappa shape index (κ1) is 14.8. The number of aliphatic hydroxyl groups is 1. The molecule has 0 amide bonds. The fraction of sp³-hybridized carbons (Fsp3) is 0.167. The lowest BCUT2D eigenvalue weighted by Crippen LogP contribution is -2.10. The standard InChI is InChI=1S/C18H17ClN2O/c1-13-2-4-14(5-3-13)12-21-11-10-20-18(21)17(22)15-6-8-16(19)9-7-15/h2-11,17,22H,12H2,1H3. The zero-order valence-electron chi connectivity index (χ0n) is 12.3. The molecule has 0 bridgehead atoms. The van der Waals surface area contributed by atoms with Gasteiger partial charge in [-0.2, -0.15) is 0 Å². The zero-order valence-corrected chi connectivity index (χ0v) is 13.0. The molecule has 3 rings (SSSR count). The average molecular weight is 313 g/mol. The van der Waals surface area contributed by atoms with Gasteiger partial charge in [0.1, 0.15) is 11.9 Å². The van der Waals surface area contributed by atoms with Crippen LogP contribution in [0.5, 0.6) is 0 Å². The smallest absolute Gasteiger partial charge is 0.142 e. The SMILES string of the molecule is Cc1ccc(Cn2ccnc2C(O)c2ccc(Cl)cc2)cc1. The summed E-state index contributed by atoms with van der Waals surface area (Å²) in [6.45, 7) is 2.75. The molecule has 2 aromatic carbocycles. The van der Waals surface area contributed by atoms with Crippen LogP contribution in [0.2, 0.25) is 5.02 Å². The van der Waals surface area contributed by atoms with Crippen molar-refractivity contribution in [2.24, 2.45) is 0 Å². The van der Waals surface area contributed by atoms with Gasteiger partial charge >= 0.3 is 0 Å². The zero-order chi connectivity index (χ0) is 15.5. The van der Waals surface area contributed by atoms with Gasteiger partial charge in [0.15, 0.2) is 0 Å². The van der Waals surface area contributed by atoms with E-state index in [1.807, 2.05) is 22.9 Å². The summed E-state index contributed by atoms with van der Waals surface area (Å²) in [5.41, 5.74) is 3.18. The van der Waals surface area contributed by atoms with Crippen LogP contribution in [0.15, 0.2) is 60.9 Å². The van der Waals surface area contributed by atoms with Crippen molar-refractivity contribution in [3.63, 3.8) is 0 Å². The minimum atomic E-state index is -0.766. The van der Waals surface area contributed by atoms with Crippen LogP contribution in [0, 0.1) is 6.92 Å². The predicted octanol–water partition coefficient (Wildman–Crippen LogP) is 3.97. The number of aryl methyl sites for hydroxylation is 1. The largest absolute Gasteiger partial charge is 0.380 e. The number of hydrogen-bond donors (Lipinski definition) is 1. The van der Waals surface area contributed by atoms with E-state index in [0.29, 0.717) is 17.4 Å². The number of benzene rings is 2. The number of imidazole rings is 1. The molecule has 1 atom stereocenters. The highest BCUT2D eigenvalue weighted by molar-refractivity contribution is 6.30. The molecule has 112 valence electrons. The third-order valence-electron chi connectivity index (χ3n) is 3.65. The van der Waals surface area contributed by atoms with Crippen LogP contribution in [-0.4, -0.2) is 14.7 Å². The molecule has 0 spiro atoms. The maximum absolute atomic E-state index is 10.5. The van der Waals surface area contributed by atoms with E-state index in [9.17, 15) is 5.11 Å². The van der Waals surface area contributed by atoms with Crippen LogP contribution >= 0.6 is 11.6 Å². The van der Waals surface area contributed by atoms with E-state index < -0.39 is 6.10 Å². The molecule has 3 nitrogen and oxygen atoms in total. The second kappa shape index (κ2) is 6.34. The summed E-state index contributed by atoms with van der Waals surface area (Å²) in [6, 6.07) is 15.5. The Morgan fingerprint density at radius 2 is 1.77 bits per heavy atom. The van der Waals surface area contributed by atoms with Crippen LogP contribution < -0.4 is 0 Å². The first-order valence-corrected chi connectivity index (χ1v) is 7.51. The number of nitrogens with zero attached hydrogens (tertiary/aromatic N) is 2. The average Bonchev–Trinajstić information content (AvgIpc) is 2.98. The Morgan fingerprint density at radius 3 is 2.45 bits per heavy atom. The highest BCUT2D eigenvalue weighted by Crippen LogP contribution is 2.22. The lowest BCUT2D eigenvalue weighted by Gasteiger charge is -2.14. The quantitative estimate of drug-likeness (QED) is 0.791. The topological polar surface area (TPSA) is 38.0 Å². The molecule has 0 radical (unpaired) electrons. The summed E-state index contributed by atoms with van der Waals surface area (Å²) in [6.07, 6.45) is 2.83. The van der Waals surface area contributed by atoms with Gasteiger partial charge in [0.2, 0.25) is 0 Å². The summed E-state index contributed by atoms with van der Waals surface area (Å²) in [7, 11) is 0. The fourth-order valence-corrected chi connectivity index (χ4v) is 2.51. The Kier molecular flexibility index (Phi) is 4.27. The molecule has 4 heteroatoms. The normalized spacial score (nSPS) is 12.3. The molecule has 1 N–H and O–H groups in total.